The maximum absolute atomic E-state index is 6.90. The smallest absolute Gasteiger partial charge is 0.333 e. The van der Waals surface area contributed by atoms with Crippen molar-refractivity contribution in [1.82, 2.24) is 4.57 Å². The van der Waals surface area contributed by atoms with E-state index in [0.29, 0.717) is 0 Å². The van der Waals surface area contributed by atoms with Gasteiger partial charge in [-0.05, 0) is 139 Å². The van der Waals surface area contributed by atoms with Crippen LogP contribution in [0.3, 0.4) is 0 Å². The molecule has 0 spiro atoms. The van der Waals surface area contributed by atoms with Crippen LogP contribution in [0.1, 0.15) is 103 Å². The van der Waals surface area contributed by atoms with Crippen molar-refractivity contribution < 1.29 is 8.83 Å². The Labute approximate surface area is 397 Å². The van der Waals surface area contributed by atoms with Crippen LogP contribution < -0.4 is 15.7 Å². The van der Waals surface area contributed by atoms with E-state index in [4.69, 9.17) is 8.83 Å². The molecule has 68 heavy (non-hydrogen) atoms. The zero-order chi connectivity index (χ0) is 46.1. The molecule has 2 aliphatic heterocycles. The Balaban J connectivity index is 1.09. The van der Waals surface area contributed by atoms with Crippen LogP contribution in [-0.2, 0) is 21.7 Å². The number of anilines is 2. The number of para-hydroxylation sites is 2. The van der Waals surface area contributed by atoms with Gasteiger partial charge in [-0.15, -0.1) is 0 Å². The van der Waals surface area contributed by atoms with Crippen molar-refractivity contribution >= 4 is 94.8 Å². The first-order valence-electron chi connectivity index (χ1n) is 24.7. The van der Waals surface area contributed by atoms with Crippen LogP contribution >= 0.6 is 0 Å². The third-order valence-electron chi connectivity index (χ3n) is 17.4. The van der Waals surface area contributed by atoms with E-state index in [1.54, 1.807) is 0 Å². The summed E-state index contributed by atoms with van der Waals surface area (Å²) in [5.41, 5.74) is 24.8. The molecule has 3 aromatic heterocycles. The average molecular weight is 881 g/mol. The van der Waals surface area contributed by atoms with Crippen molar-refractivity contribution in [3.63, 3.8) is 0 Å². The molecule has 2 aliphatic carbocycles. The zero-order valence-corrected chi connectivity index (χ0v) is 40.4. The molecule has 0 fully saturated rings. The summed E-state index contributed by atoms with van der Waals surface area (Å²) in [5.74, 6) is 0. The van der Waals surface area contributed by atoms with E-state index >= 15 is 0 Å². The van der Waals surface area contributed by atoms with E-state index in [9.17, 15) is 0 Å². The van der Waals surface area contributed by atoms with Crippen LogP contribution in [0.25, 0.3) is 93.6 Å². The number of hydrogen-bond acceptors (Lipinski definition) is 3. The SMILES string of the molecule is CC(C)(C)c1ccc(N2B3c4cc5c(cc4-n4c6ccc7c8ccccc8oc7c6c6ccc(c3c64)-c3cc4c(cc32)C(C)(C)c2cc3c(cc2-4)C(C)(C)CCC3(C)C)oc2ccccc25)cc1. The predicted molar refractivity (Wildman–Crippen MR) is 286 cm³/mol. The highest BCUT2D eigenvalue weighted by Gasteiger charge is 2.48. The second kappa shape index (κ2) is 12.4. The van der Waals surface area contributed by atoms with Crippen LogP contribution in [0, 0.1) is 0 Å². The van der Waals surface area contributed by atoms with Crippen LogP contribution in [0.2, 0.25) is 0 Å². The predicted octanol–water partition coefficient (Wildman–Crippen LogP) is 15.8. The van der Waals surface area contributed by atoms with Gasteiger partial charge < -0.3 is 18.2 Å². The van der Waals surface area contributed by atoms with Crippen molar-refractivity contribution in [1.29, 1.82) is 0 Å². The monoisotopic (exact) mass is 880 g/mol. The molecule has 0 N–H and O–H groups in total. The summed E-state index contributed by atoms with van der Waals surface area (Å²) in [4.78, 5) is 2.70. The Morgan fingerprint density at radius 2 is 1.16 bits per heavy atom. The van der Waals surface area contributed by atoms with Crippen LogP contribution in [0.15, 0.2) is 142 Å². The zero-order valence-electron chi connectivity index (χ0n) is 40.4. The molecule has 0 saturated heterocycles. The minimum Gasteiger partial charge on any atom is -0.456 e. The van der Waals surface area contributed by atoms with Gasteiger partial charge in [0.05, 0.1) is 16.4 Å². The van der Waals surface area contributed by atoms with Gasteiger partial charge >= 0.3 is 6.85 Å². The largest absolute Gasteiger partial charge is 0.456 e. The van der Waals surface area contributed by atoms with Gasteiger partial charge in [0.25, 0.3) is 0 Å². The molecule has 5 heteroatoms. The minimum atomic E-state index is -0.199. The Bertz CT molecular complexity index is 4110. The molecule has 0 amide bonds. The Morgan fingerprint density at radius 3 is 1.90 bits per heavy atom. The van der Waals surface area contributed by atoms with Crippen LogP contribution in [0.5, 0.6) is 0 Å². The van der Waals surface area contributed by atoms with Gasteiger partial charge in [0.2, 0.25) is 0 Å². The Hall–Kier alpha value is -6.98. The van der Waals surface area contributed by atoms with Gasteiger partial charge in [0, 0.05) is 61.0 Å². The summed E-state index contributed by atoms with van der Waals surface area (Å²) in [6.45, 7) is 21.6. The topological polar surface area (TPSA) is 34.5 Å². The molecule has 0 radical (unpaired) electrons. The fraction of sp³-hybridized carbons (Fsp3) is 0.238. The summed E-state index contributed by atoms with van der Waals surface area (Å²) >= 11 is 0. The number of nitrogens with zero attached hydrogens (tertiary/aromatic N) is 2. The summed E-state index contributed by atoms with van der Waals surface area (Å²) in [7, 11) is 0. The summed E-state index contributed by atoms with van der Waals surface area (Å²) < 4.78 is 16.2. The van der Waals surface area contributed by atoms with E-state index in [2.05, 4.69) is 205 Å². The molecule has 4 aliphatic rings. The second-order valence-electron chi connectivity index (χ2n) is 23.5. The number of fused-ring (bicyclic) bond motifs is 19. The van der Waals surface area contributed by atoms with Crippen molar-refractivity contribution in [2.24, 2.45) is 0 Å². The fourth-order valence-corrected chi connectivity index (χ4v) is 13.6. The van der Waals surface area contributed by atoms with Gasteiger partial charge in [0.1, 0.15) is 22.3 Å². The van der Waals surface area contributed by atoms with E-state index in [-0.39, 0.29) is 28.5 Å². The third kappa shape index (κ3) is 4.77. The third-order valence-corrected chi connectivity index (χ3v) is 17.4. The standard InChI is InChI=1S/C63H53BN2O2/c1-60(2,3)34-18-20-35(21-19-34)66-51-32-46-41(42-29-47-48(31-45(42)63(46,8)9)62(6,7)27-26-61(47,4)5)28-43(51)38-22-23-40-56-50(25-24-39-36-14-10-13-17-54(36)68-59(39)56)65-52-33-55-44(37-15-11-12-16-53(37)67-55)30-49(52)64(66)57(38)58(40)65/h10-25,28-33H,26-27H2,1-9H3. The van der Waals surface area contributed by atoms with Gasteiger partial charge in [-0.25, -0.2) is 0 Å². The fourth-order valence-electron chi connectivity index (χ4n) is 13.6. The number of furan rings is 2. The van der Waals surface area contributed by atoms with Crippen molar-refractivity contribution in [3.05, 3.63) is 161 Å². The van der Waals surface area contributed by atoms with E-state index in [1.165, 1.54) is 96.1 Å². The average Bonchev–Trinajstić information content (AvgIpc) is 4.05. The first kappa shape index (κ1) is 39.1. The molecule has 0 saturated carbocycles. The summed E-state index contributed by atoms with van der Waals surface area (Å²) in [5, 5.41) is 6.93. The quantitative estimate of drug-likeness (QED) is 0.154. The van der Waals surface area contributed by atoms with Crippen LogP contribution in [0.4, 0.5) is 11.4 Å². The van der Waals surface area contributed by atoms with E-state index < -0.39 is 0 Å². The minimum absolute atomic E-state index is 0.0182. The Morgan fingerprint density at radius 1 is 0.515 bits per heavy atom. The molecule has 8 aromatic carbocycles. The number of hydrogen-bond donors (Lipinski definition) is 0. The van der Waals surface area contributed by atoms with Gasteiger partial charge in [-0.3, -0.25) is 0 Å². The van der Waals surface area contributed by atoms with Crippen molar-refractivity contribution in [3.8, 4) is 27.9 Å². The van der Waals surface area contributed by atoms with Gasteiger partial charge in [-0.2, -0.15) is 0 Å². The lowest BCUT2D eigenvalue weighted by Gasteiger charge is -2.42. The molecule has 15 rings (SSSR count). The lowest BCUT2D eigenvalue weighted by Crippen LogP contribution is -2.60. The highest BCUT2D eigenvalue weighted by molar-refractivity contribution is 6.94. The summed E-state index contributed by atoms with van der Waals surface area (Å²) in [6, 6.07) is 51.1. The van der Waals surface area contributed by atoms with E-state index in [0.717, 1.165) is 60.5 Å². The first-order chi connectivity index (χ1) is 32.6. The van der Waals surface area contributed by atoms with E-state index in [1.807, 2.05) is 0 Å². The molecule has 11 aromatic rings. The molecular weight excluding hydrogens is 828 g/mol. The van der Waals surface area contributed by atoms with Crippen LogP contribution in [-0.4, -0.2) is 11.4 Å². The maximum atomic E-state index is 6.90. The molecule has 5 heterocycles. The van der Waals surface area contributed by atoms with Gasteiger partial charge in [-0.1, -0.05) is 135 Å². The lowest BCUT2D eigenvalue weighted by atomic mass is 9.44. The van der Waals surface area contributed by atoms with Gasteiger partial charge in [0.15, 0.2) is 0 Å². The maximum Gasteiger partial charge on any atom is 0.333 e. The van der Waals surface area contributed by atoms with Crippen molar-refractivity contribution in [2.45, 2.75) is 96.8 Å². The molecular formula is C63H53BN2O2. The number of benzene rings is 8. The Kier molecular flexibility index (Phi) is 7.11. The molecule has 0 atom stereocenters. The highest BCUT2D eigenvalue weighted by Crippen LogP contribution is 2.58. The normalized spacial score (nSPS) is 17.1. The first-order valence-corrected chi connectivity index (χ1v) is 24.7. The highest BCUT2D eigenvalue weighted by atomic mass is 16.3. The second-order valence-corrected chi connectivity index (χ2v) is 23.5. The molecule has 0 bridgehead atoms. The summed E-state index contributed by atoms with van der Waals surface area (Å²) in [6.07, 6.45) is 2.39. The molecule has 330 valence electrons. The molecule has 0 unspecified atom stereocenters. The number of aromatic nitrogens is 1. The lowest BCUT2D eigenvalue weighted by molar-refractivity contribution is 0.331. The number of rotatable bonds is 1. The molecule has 4 nitrogen and oxygen atoms in total. The van der Waals surface area contributed by atoms with Crippen molar-refractivity contribution in [2.75, 3.05) is 4.81 Å².